The minimum Gasteiger partial charge on any atom is -0.356 e. The molecule has 0 unspecified atom stereocenters. The first-order chi connectivity index (χ1) is 12.4. The molecule has 0 saturated carbocycles. The van der Waals surface area contributed by atoms with Crippen LogP contribution in [0.15, 0.2) is 109 Å². The van der Waals surface area contributed by atoms with Gasteiger partial charge in [-0.1, -0.05) is 84.9 Å². The Morgan fingerprint density at radius 1 is 0.400 bits per heavy atom. The van der Waals surface area contributed by atoms with E-state index in [9.17, 15) is 0 Å². The molecule has 1 N–H and O–H groups in total. The van der Waals surface area contributed by atoms with Crippen molar-refractivity contribution in [2.45, 2.75) is 0 Å². The summed E-state index contributed by atoms with van der Waals surface area (Å²) in [7, 11) is 0. The number of rotatable bonds is 4. The Morgan fingerprint density at radius 3 is 1.64 bits per heavy atom. The monoisotopic (exact) mass is 321 g/mol. The third-order valence-electron chi connectivity index (χ3n) is 4.25. The molecular formula is C24H19N. The van der Waals surface area contributed by atoms with Crippen molar-refractivity contribution in [1.82, 2.24) is 0 Å². The first kappa shape index (κ1) is 15.2. The zero-order chi connectivity index (χ0) is 16.9. The molecule has 120 valence electrons. The van der Waals surface area contributed by atoms with E-state index in [1.807, 2.05) is 18.2 Å². The van der Waals surface area contributed by atoms with Gasteiger partial charge in [0.05, 0.1) is 0 Å². The topological polar surface area (TPSA) is 12.0 Å². The summed E-state index contributed by atoms with van der Waals surface area (Å²) in [5.41, 5.74) is 7.12. The molecule has 4 rings (SSSR count). The molecule has 4 aromatic carbocycles. The van der Waals surface area contributed by atoms with Gasteiger partial charge in [0.25, 0.3) is 0 Å². The van der Waals surface area contributed by atoms with Gasteiger partial charge in [-0.3, -0.25) is 0 Å². The molecule has 4 aromatic rings. The van der Waals surface area contributed by atoms with Crippen molar-refractivity contribution in [1.29, 1.82) is 0 Å². The van der Waals surface area contributed by atoms with Crippen molar-refractivity contribution in [2.75, 3.05) is 5.32 Å². The van der Waals surface area contributed by atoms with E-state index < -0.39 is 0 Å². The lowest BCUT2D eigenvalue weighted by atomic mass is 9.94. The maximum absolute atomic E-state index is 3.47. The molecule has 0 aliphatic carbocycles. The zero-order valence-electron chi connectivity index (χ0n) is 13.9. The number of hydrogen-bond donors (Lipinski definition) is 1. The van der Waals surface area contributed by atoms with Gasteiger partial charge in [-0.05, 0) is 46.5 Å². The van der Waals surface area contributed by atoms with Gasteiger partial charge in [0, 0.05) is 11.4 Å². The fourth-order valence-corrected chi connectivity index (χ4v) is 3.06. The largest absolute Gasteiger partial charge is 0.356 e. The second kappa shape index (κ2) is 7.06. The molecule has 0 atom stereocenters. The van der Waals surface area contributed by atoms with Crippen LogP contribution in [0.4, 0.5) is 11.4 Å². The molecule has 0 aromatic heterocycles. The number of anilines is 2. The van der Waals surface area contributed by atoms with Crippen LogP contribution in [0.25, 0.3) is 22.3 Å². The molecule has 0 aliphatic rings. The second-order valence-electron chi connectivity index (χ2n) is 5.98. The Kier molecular flexibility index (Phi) is 4.30. The molecule has 0 spiro atoms. The van der Waals surface area contributed by atoms with Crippen LogP contribution in [0.3, 0.4) is 0 Å². The van der Waals surface area contributed by atoms with Gasteiger partial charge in [0.15, 0.2) is 0 Å². The quantitative estimate of drug-likeness (QED) is 0.437. The van der Waals surface area contributed by atoms with Crippen molar-refractivity contribution in [2.24, 2.45) is 0 Å². The highest BCUT2D eigenvalue weighted by atomic mass is 14.9. The van der Waals surface area contributed by atoms with E-state index in [4.69, 9.17) is 0 Å². The van der Waals surface area contributed by atoms with Crippen LogP contribution in [0.2, 0.25) is 0 Å². The van der Waals surface area contributed by atoms with Crippen molar-refractivity contribution in [3.8, 4) is 22.3 Å². The summed E-state index contributed by atoms with van der Waals surface area (Å²) in [4.78, 5) is 0. The average Bonchev–Trinajstić information content (AvgIpc) is 2.70. The minimum absolute atomic E-state index is 1.09. The highest BCUT2D eigenvalue weighted by molar-refractivity contribution is 5.84. The Hall–Kier alpha value is -3.32. The number of hydrogen-bond acceptors (Lipinski definition) is 1. The highest BCUT2D eigenvalue weighted by Crippen LogP contribution is 2.33. The lowest BCUT2D eigenvalue weighted by Crippen LogP contribution is -1.91. The van der Waals surface area contributed by atoms with Gasteiger partial charge in [-0.25, -0.2) is 0 Å². The first-order valence-electron chi connectivity index (χ1n) is 8.47. The molecule has 0 radical (unpaired) electrons. The van der Waals surface area contributed by atoms with E-state index in [1.54, 1.807) is 0 Å². The molecular weight excluding hydrogens is 302 g/mol. The molecule has 25 heavy (non-hydrogen) atoms. The molecule has 0 saturated heterocycles. The van der Waals surface area contributed by atoms with Gasteiger partial charge in [0.1, 0.15) is 0 Å². The summed E-state index contributed by atoms with van der Waals surface area (Å²) in [6.45, 7) is 0. The van der Waals surface area contributed by atoms with E-state index in [2.05, 4.69) is 96.3 Å². The Morgan fingerprint density at radius 2 is 0.920 bits per heavy atom. The van der Waals surface area contributed by atoms with Crippen LogP contribution in [0.1, 0.15) is 0 Å². The van der Waals surface area contributed by atoms with Gasteiger partial charge >= 0.3 is 0 Å². The number of para-hydroxylation sites is 1. The molecule has 1 heteroatoms. The molecule has 0 amide bonds. The minimum atomic E-state index is 1.09. The van der Waals surface area contributed by atoms with Crippen LogP contribution in [-0.2, 0) is 0 Å². The van der Waals surface area contributed by atoms with Crippen molar-refractivity contribution in [3.05, 3.63) is 109 Å². The SMILES string of the molecule is c1ccc(Nc2cccc(-c3ccccc3-c3ccccc3)c2)cc1. The molecule has 0 bridgehead atoms. The summed E-state index contributed by atoms with van der Waals surface area (Å²) in [5.74, 6) is 0. The highest BCUT2D eigenvalue weighted by Gasteiger charge is 2.07. The van der Waals surface area contributed by atoms with Crippen molar-refractivity contribution >= 4 is 11.4 Å². The third kappa shape index (κ3) is 3.46. The Labute approximate surface area is 148 Å². The zero-order valence-corrected chi connectivity index (χ0v) is 13.9. The lowest BCUT2D eigenvalue weighted by Gasteiger charge is -2.12. The van der Waals surface area contributed by atoms with Crippen molar-refractivity contribution < 1.29 is 0 Å². The maximum atomic E-state index is 3.47. The van der Waals surface area contributed by atoms with Gasteiger partial charge in [-0.2, -0.15) is 0 Å². The van der Waals surface area contributed by atoms with E-state index in [0.29, 0.717) is 0 Å². The third-order valence-corrected chi connectivity index (χ3v) is 4.25. The maximum Gasteiger partial charge on any atom is 0.0390 e. The lowest BCUT2D eigenvalue weighted by molar-refractivity contribution is 1.53. The van der Waals surface area contributed by atoms with Gasteiger partial charge < -0.3 is 5.32 Å². The summed E-state index contributed by atoms with van der Waals surface area (Å²) >= 11 is 0. The van der Waals surface area contributed by atoms with E-state index in [1.165, 1.54) is 22.3 Å². The summed E-state index contributed by atoms with van der Waals surface area (Å²) in [6, 6.07) is 37.9. The van der Waals surface area contributed by atoms with Gasteiger partial charge in [-0.15, -0.1) is 0 Å². The smallest absolute Gasteiger partial charge is 0.0390 e. The summed E-state index contributed by atoms with van der Waals surface area (Å²) < 4.78 is 0. The fraction of sp³-hybridized carbons (Fsp3) is 0. The first-order valence-corrected chi connectivity index (χ1v) is 8.47. The molecule has 1 nitrogen and oxygen atoms in total. The van der Waals surface area contributed by atoms with Crippen LogP contribution in [0, 0.1) is 0 Å². The second-order valence-corrected chi connectivity index (χ2v) is 5.98. The molecule has 0 heterocycles. The summed E-state index contributed by atoms with van der Waals surface area (Å²) in [6.07, 6.45) is 0. The van der Waals surface area contributed by atoms with Crippen LogP contribution >= 0.6 is 0 Å². The average molecular weight is 321 g/mol. The van der Waals surface area contributed by atoms with Crippen LogP contribution in [0.5, 0.6) is 0 Å². The van der Waals surface area contributed by atoms with Crippen LogP contribution in [-0.4, -0.2) is 0 Å². The Bertz CT molecular complexity index is 959. The van der Waals surface area contributed by atoms with E-state index in [-0.39, 0.29) is 0 Å². The van der Waals surface area contributed by atoms with E-state index >= 15 is 0 Å². The molecule has 0 fully saturated rings. The van der Waals surface area contributed by atoms with Crippen LogP contribution < -0.4 is 5.32 Å². The number of nitrogens with one attached hydrogen (secondary N) is 1. The van der Waals surface area contributed by atoms with Crippen molar-refractivity contribution in [3.63, 3.8) is 0 Å². The predicted molar refractivity (Wildman–Crippen MR) is 107 cm³/mol. The standard InChI is InChI=1S/C24H19N/c1-3-10-19(11-4-1)23-16-7-8-17-24(23)20-12-9-15-22(18-20)25-21-13-5-2-6-14-21/h1-18,25H. The number of benzene rings is 4. The normalized spacial score (nSPS) is 10.4. The Balaban J connectivity index is 1.73. The van der Waals surface area contributed by atoms with E-state index in [0.717, 1.165) is 11.4 Å². The summed E-state index contributed by atoms with van der Waals surface area (Å²) in [5, 5.41) is 3.47. The van der Waals surface area contributed by atoms with Gasteiger partial charge in [0.2, 0.25) is 0 Å². The molecule has 0 aliphatic heterocycles. The fourth-order valence-electron chi connectivity index (χ4n) is 3.06. The predicted octanol–water partition coefficient (Wildman–Crippen LogP) is 6.76.